The Kier molecular flexibility index (Phi) is 7.72. The Bertz CT molecular complexity index is 969. The van der Waals surface area contributed by atoms with Gasteiger partial charge in [-0.1, -0.05) is 13.0 Å². The Morgan fingerprint density at radius 1 is 1.39 bits per heavy atom. The van der Waals surface area contributed by atoms with Gasteiger partial charge in [-0.15, -0.1) is 0 Å². The minimum Gasteiger partial charge on any atom is -0.372 e. The number of allylic oxidation sites excluding steroid dienone is 3. The molecule has 0 saturated carbocycles. The highest BCUT2D eigenvalue weighted by Crippen LogP contribution is 2.33. The van der Waals surface area contributed by atoms with Gasteiger partial charge in [0.25, 0.3) is 0 Å². The molecule has 160 valence electrons. The van der Waals surface area contributed by atoms with Crippen LogP contribution in [0.3, 0.4) is 0 Å². The number of aliphatic hydroxyl groups excluding tert-OH is 1. The number of carbonyl (C=O) groups is 1. The van der Waals surface area contributed by atoms with E-state index in [9.17, 15) is 15.2 Å². The lowest BCUT2D eigenvalue weighted by molar-refractivity contribution is -0.118. The molecule has 1 aromatic heterocycles. The summed E-state index contributed by atoms with van der Waals surface area (Å²) in [5.74, 6) is -0.863. The van der Waals surface area contributed by atoms with Gasteiger partial charge in [0.1, 0.15) is 12.5 Å². The molecular weight excluding hydrogens is 390 g/mol. The van der Waals surface area contributed by atoms with Crippen molar-refractivity contribution in [2.45, 2.75) is 38.3 Å². The van der Waals surface area contributed by atoms with Crippen LogP contribution in [0.25, 0.3) is 0 Å². The first kappa shape index (κ1) is 22.4. The van der Waals surface area contributed by atoms with Crippen LogP contribution in [0.1, 0.15) is 43.4 Å². The van der Waals surface area contributed by atoms with E-state index in [4.69, 9.17) is 5.26 Å². The summed E-state index contributed by atoms with van der Waals surface area (Å²) < 4.78 is 0. The minimum atomic E-state index is -0.849. The maximum Gasteiger partial charge on any atom is 0.140 e. The summed E-state index contributed by atoms with van der Waals surface area (Å²) in [6, 6.07) is 7.72. The Hall–Kier alpha value is -3.26. The number of aromatic nitrogens is 1. The Morgan fingerprint density at radius 2 is 2.23 bits per heavy atom. The predicted octanol–water partition coefficient (Wildman–Crippen LogP) is 2.84. The molecule has 2 aliphatic rings. The second-order valence-electron chi connectivity index (χ2n) is 7.84. The molecule has 7 nitrogen and oxygen atoms in total. The number of nitriles is 2. The fraction of sp³-hybridized carbons (Fsp3) is 0.417. The predicted molar refractivity (Wildman–Crippen MR) is 116 cm³/mol. The molecule has 1 N–H and O–H groups in total. The largest absolute Gasteiger partial charge is 0.372 e. The van der Waals surface area contributed by atoms with Gasteiger partial charge in [-0.2, -0.15) is 10.5 Å². The van der Waals surface area contributed by atoms with Crippen LogP contribution >= 0.6 is 0 Å². The number of nitrogens with zero attached hydrogens (tertiary/aromatic N) is 5. The summed E-state index contributed by atoms with van der Waals surface area (Å²) in [7, 11) is 0. The van der Waals surface area contributed by atoms with Gasteiger partial charge in [0.15, 0.2) is 0 Å². The molecule has 0 aromatic carbocycles. The van der Waals surface area contributed by atoms with Crippen LogP contribution in [0, 0.1) is 28.6 Å². The lowest BCUT2D eigenvalue weighted by Gasteiger charge is -2.40. The van der Waals surface area contributed by atoms with Gasteiger partial charge < -0.3 is 14.8 Å². The van der Waals surface area contributed by atoms with Crippen molar-refractivity contribution in [2.24, 2.45) is 5.92 Å². The first-order valence-corrected chi connectivity index (χ1v) is 10.6. The number of pyridine rings is 1. The number of aliphatic hydroxyl groups is 1. The zero-order chi connectivity index (χ0) is 22.2. The second kappa shape index (κ2) is 10.7. The standard InChI is InChI=1S/C24H27N5O2/c1-2-9-28(11-7-19(15-26)22-12-18(14-25)6-8-27-22)16-20-13-21(17-30)24(31)29-10-4-3-5-23(20)29/h3-6,8,10,12,17,19,21,24,31H,2,7,9,11,13,16H2,1H3. The van der Waals surface area contributed by atoms with E-state index in [1.807, 2.05) is 18.2 Å². The highest BCUT2D eigenvalue weighted by atomic mass is 16.3. The van der Waals surface area contributed by atoms with E-state index in [1.54, 1.807) is 29.4 Å². The summed E-state index contributed by atoms with van der Waals surface area (Å²) >= 11 is 0. The molecular formula is C24H27N5O2. The molecule has 31 heavy (non-hydrogen) atoms. The summed E-state index contributed by atoms with van der Waals surface area (Å²) in [6.45, 7) is 4.32. The van der Waals surface area contributed by atoms with Gasteiger partial charge in [0, 0.05) is 31.2 Å². The van der Waals surface area contributed by atoms with Crippen LogP contribution in [0.15, 0.2) is 54.0 Å². The average Bonchev–Trinajstić information content (AvgIpc) is 2.81. The van der Waals surface area contributed by atoms with Crippen LogP contribution in [-0.4, -0.2) is 52.0 Å². The van der Waals surface area contributed by atoms with E-state index in [-0.39, 0.29) is 0 Å². The highest BCUT2D eigenvalue weighted by Gasteiger charge is 2.33. The Balaban J connectivity index is 1.75. The molecule has 0 spiro atoms. The number of aldehydes is 1. The SMILES string of the molecule is CCCN(CCC(C#N)c1cc(C#N)ccn1)CC1=C2C=CC=CN2C(O)C(C=O)C1. The molecule has 1 aromatic rings. The van der Waals surface area contributed by atoms with Crippen LogP contribution in [0.5, 0.6) is 0 Å². The van der Waals surface area contributed by atoms with Crippen molar-refractivity contribution in [2.75, 3.05) is 19.6 Å². The van der Waals surface area contributed by atoms with Crippen molar-refractivity contribution in [3.63, 3.8) is 0 Å². The van der Waals surface area contributed by atoms with Crippen molar-refractivity contribution in [1.82, 2.24) is 14.8 Å². The fourth-order valence-electron chi connectivity index (χ4n) is 4.11. The first-order chi connectivity index (χ1) is 15.1. The third-order valence-corrected chi connectivity index (χ3v) is 5.69. The molecule has 3 rings (SSSR count). The summed E-state index contributed by atoms with van der Waals surface area (Å²) in [6.07, 6.45) is 11.2. The van der Waals surface area contributed by atoms with Crippen molar-refractivity contribution >= 4 is 6.29 Å². The lowest BCUT2D eigenvalue weighted by atomic mass is 9.90. The molecule has 0 radical (unpaired) electrons. The molecule has 3 atom stereocenters. The monoisotopic (exact) mass is 417 g/mol. The fourth-order valence-corrected chi connectivity index (χ4v) is 4.11. The molecule has 0 aliphatic carbocycles. The molecule has 3 heterocycles. The second-order valence-corrected chi connectivity index (χ2v) is 7.84. The quantitative estimate of drug-likeness (QED) is 0.616. The van der Waals surface area contributed by atoms with Crippen LogP contribution < -0.4 is 0 Å². The zero-order valence-corrected chi connectivity index (χ0v) is 17.7. The van der Waals surface area contributed by atoms with E-state index in [0.29, 0.717) is 37.2 Å². The van der Waals surface area contributed by atoms with Gasteiger partial charge >= 0.3 is 0 Å². The Labute approximate surface area is 183 Å². The van der Waals surface area contributed by atoms with Gasteiger partial charge in [-0.25, -0.2) is 0 Å². The van der Waals surface area contributed by atoms with Crippen LogP contribution in [0.4, 0.5) is 0 Å². The molecule has 0 bridgehead atoms. The third kappa shape index (κ3) is 5.27. The molecule has 0 saturated heterocycles. The minimum absolute atomic E-state index is 0.393. The number of fused-ring (bicyclic) bond motifs is 1. The number of hydrogen-bond donors (Lipinski definition) is 1. The van der Waals surface area contributed by atoms with Gasteiger partial charge in [-0.05, 0) is 55.7 Å². The third-order valence-electron chi connectivity index (χ3n) is 5.69. The van der Waals surface area contributed by atoms with E-state index in [2.05, 4.69) is 28.9 Å². The van der Waals surface area contributed by atoms with Crippen molar-refractivity contribution in [3.05, 3.63) is 65.3 Å². The lowest BCUT2D eigenvalue weighted by Crippen LogP contribution is -2.43. The van der Waals surface area contributed by atoms with Crippen molar-refractivity contribution in [3.8, 4) is 12.1 Å². The van der Waals surface area contributed by atoms with Gasteiger partial charge in [0.05, 0.1) is 35.2 Å². The molecule has 2 aliphatic heterocycles. The van der Waals surface area contributed by atoms with Crippen LogP contribution in [-0.2, 0) is 4.79 Å². The zero-order valence-electron chi connectivity index (χ0n) is 17.7. The number of rotatable bonds is 9. The van der Waals surface area contributed by atoms with Gasteiger partial charge in [0.2, 0.25) is 0 Å². The number of hydrogen-bond acceptors (Lipinski definition) is 7. The van der Waals surface area contributed by atoms with Gasteiger partial charge in [-0.3, -0.25) is 9.88 Å². The molecule has 0 fully saturated rings. The topological polar surface area (TPSA) is 104 Å². The number of carbonyl (C=O) groups excluding carboxylic acids is 1. The highest BCUT2D eigenvalue weighted by molar-refractivity contribution is 5.57. The smallest absolute Gasteiger partial charge is 0.140 e. The summed E-state index contributed by atoms with van der Waals surface area (Å²) in [5, 5.41) is 29.3. The van der Waals surface area contributed by atoms with E-state index >= 15 is 0 Å². The normalized spacial score (nSPS) is 20.9. The summed E-state index contributed by atoms with van der Waals surface area (Å²) in [5.41, 5.74) is 3.16. The van der Waals surface area contributed by atoms with Crippen LogP contribution in [0.2, 0.25) is 0 Å². The molecule has 7 heteroatoms. The van der Waals surface area contributed by atoms with E-state index in [1.165, 1.54) is 0 Å². The molecule has 3 unspecified atom stereocenters. The maximum atomic E-state index is 11.5. The van der Waals surface area contributed by atoms with Crippen molar-refractivity contribution < 1.29 is 9.90 Å². The van der Waals surface area contributed by atoms with Crippen molar-refractivity contribution in [1.29, 1.82) is 10.5 Å². The average molecular weight is 418 g/mol. The first-order valence-electron chi connectivity index (χ1n) is 10.6. The van der Waals surface area contributed by atoms with E-state index < -0.39 is 18.1 Å². The van der Waals surface area contributed by atoms with E-state index in [0.717, 1.165) is 30.5 Å². The summed E-state index contributed by atoms with van der Waals surface area (Å²) in [4.78, 5) is 19.9. The Morgan fingerprint density at radius 3 is 2.94 bits per heavy atom. The molecule has 0 amide bonds. The maximum absolute atomic E-state index is 11.5.